The summed E-state index contributed by atoms with van der Waals surface area (Å²) in [5, 5.41) is 2.90. The van der Waals surface area contributed by atoms with E-state index in [0.29, 0.717) is 11.1 Å². The van der Waals surface area contributed by atoms with Crippen molar-refractivity contribution in [1.29, 1.82) is 0 Å². The number of halogens is 4. The predicted octanol–water partition coefficient (Wildman–Crippen LogP) is 5.52. The summed E-state index contributed by atoms with van der Waals surface area (Å²) < 4.78 is 77.8. The Morgan fingerprint density at radius 2 is 1.74 bits per heavy atom. The first-order valence-corrected chi connectivity index (χ1v) is 12.6. The quantitative estimate of drug-likeness (QED) is 0.448. The first-order chi connectivity index (χ1) is 17.8. The van der Waals surface area contributed by atoms with Gasteiger partial charge in [0.25, 0.3) is 5.91 Å². The molecular weight excluding hydrogens is 506 g/mol. The number of nitrogens with one attached hydrogen (secondary N) is 1. The van der Waals surface area contributed by atoms with E-state index in [4.69, 9.17) is 18.9 Å². The number of fused-ring (bicyclic) bond motifs is 1. The molecule has 0 aromatic heterocycles. The lowest BCUT2D eigenvalue weighted by Crippen LogP contribution is -2.60. The van der Waals surface area contributed by atoms with E-state index in [9.17, 15) is 22.4 Å². The van der Waals surface area contributed by atoms with Gasteiger partial charge in [0.1, 0.15) is 11.9 Å². The third-order valence-corrected chi connectivity index (χ3v) is 6.69. The number of ether oxygens (including phenoxy) is 4. The molecule has 1 saturated heterocycles. The molecule has 1 aliphatic carbocycles. The first kappa shape index (κ1) is 28.5. The molecule has 1 amide bonds. The van der Waals surface area contributed by atoms with Gasteiger partial charge in [-0.15, -0.1) is 0 Å². The molecule has 38 heavy (non-hydrogen) atoms. The average molecular weight is 540 g/mol. The van der Waals surface area contributed by atoms with Crippen molar-refractivity contribution in [3.05, 3.63) is 71.0 Å². The van der Waals surface area contributed by atoms with Gasteiger partial charge in [-0.2, -0.15) is 13.2 Å². The molecule has 1 aliphatic heterocycles. The van der Waals surface area contributed by atoms with Crippen molar-refractivity contribution < 1.29 is 41.3 Å². The van der Waals surface area contributed by atoms with Crippen LogP contribution < -0.4 is 5.32 Å². The van der Waals surface area contributed by atoms with Gasteiger partial charge < -0.3 is 24.3 Å². The van der Waals surface area contributed by atoms with Crippen LogP contribution in [0.5, 0.6) is 0 Å². The topological polar surface area (TPSA) is 66.0 Å². The highest BCUT2D eigenvalue weighted by molar-refractivity contribution is 5.85. The molecule has 0 bridgehead atoms. The Bertz CT molecular complexity index is 1120. The van der Waals surface area contributed by atoms with Gasteiger partial charge in [-0.3, -0.25) is 4.79 Å². The van der Waals surface area contributed by atoms with Gasteiger partial charge in [-0.1, -0.05) is 30.3 Å². The first-order valence-electron chi connectivity index (χ1n) is 12.6. The van der Waals surface area contributed by atoms with Crippen LogP contribution in [0.15, 0.2) is 48.5 Å². The standard InChI is InChI=1S/C28H33F4NO5/c1-17(2)33-25(34)27(36-16-19-7-5-6-8-21(19)29)13-22(24-23(14-27)37-26(3,4)38-24)35-15-18-9-11-20(12-10-18)28(30,31)32/h5-12,17,22-24H,13-16H2,1-4H3,(H,33,34)/t22?,23-,24+,27-/m1/s1. The van der Waals surface area contributed by atoms with Crippen molar-refractivity contribution in [2.24, 2.45) is 0 Å². The van der Waals surface area contributed by atoms with Crippen molar-refractivity contribution in [2.75, 3.05) is 0 Å². The van der Waals surface area contributed by atoms with Crippen LogP contribution in [-0.2, 0) is 43.1 Å². The zero-order valence-corrected chi connectivity index (χ0v) is 21.8. The molecule has 2 aromatic carbocycles. The number of alkyl halides is 3. The van der Waals surface area contributed by atoms with Gasteiger partial charge >= 0.3 is 6.18 Å². The summed E-state index contributed by atoms with van der Waals surface area (Å²) in [5.74, 6) is -1.77. The van der Waals surface area contributed by atoms with Gasteiger partial charge in [0.2, 0.25) is 0 Å². The summed E-state index contributed by atoms with van der Waals surface area (Å²) in [6.45, 7) is 7.01. The van der Waals surface area contributed by atoms with Crippen LogP contribution in [0.1, 0.15) is 57.2 Å². The predicted molar refractivity (Wildman–Crippen MR) is 130 cm³/mol. The van der Waals surface area contributed by atoms with Crippen LogP contribution in [0.25, 0.3) is 0 Å². The van der Waals surface area contributed by atoms with E-state index >= 15 is 0 Å². The fourth-order valence-corrected chi connectivity index (χ4v) is 4.93. The Kier molecular flexibility index (Phi) is 8.18. The van der Waals surface area contributed by atoms with Gasteiger partial charge in [-0.25, -0.2) is 4.39 Å². The minimum absolute atomic E-state index is 0.00892. The van der Waals surface area contributed by atoms with Crippen LogP contribution >= 0.6 is 0 Å². The lowest BCUT2D eigenvalue weighted by Gasteiger charge is -2.43. The van der Waals surface area contributed by atoms with Crippen LogP contribution in [-0.4, -0.2) is 41.6 Å². The molecule has 10 heteroatoms. The maximum atomic E-state index is 14.4. The van der Waals surface area contributed by atoms with Crippen LogP contribution in [0.3, 0.4) is 0 Å². The molecule has 4 rings (SSSR count). The molecule has 6 nitrogen and oxygen atoms in total. The second-order valence-electron chi connectivity index (χ2n) is 10.6. The normalized spacial score (nSPS) is 26.8. The van der Waals surface area contributed by atoms with Crippen molar-refractivity contribution in [3.63, 3.8) is 0 Å². The molecule has 1 N–H and O–H groups in total. The number of amides is 1. The number of rotatable bonds is 8. The van der Waals surface area contributed by atoms with Gasteiger partial charge in [0.15, 0.2) is 11.4 Å². The maximum absolute atomic E-state index is 14.4. The molecule has 2 fully saturated rings. The van der Waals surface area contributed by atoms with Crippen molar-refractivity contribution >= 4 is 5.91 Å². The molecule has 208 valence electrons. The highest BCUT2D eigenvalue weighted by Crippen LogP contribution is 2.44. The van der Waals surface area contributed by atoms with Gasteiger partial charge in [0.05, 0.1) is 31.0 Å². The van der Waals surface area contributed by atoms with E-state index in [2.05, 4.69) is 5.32 Å². The highest BCUT2D eigenvalue weighted by atomic mass is 19.4. The fourth-order valence-electron chi connectivity index (χ4n) is 4.93. The molecule has 1 saturated carbocycles. The van der Waals surface area contributed by atoms with Crippen LogP contribution in [0.2, 0.25) is 0 Å². The van der Waals surface area contributed by atoms with Crippen LogP contribution in [0, 0.1) is 5.82 Å². The molecular formula is C28H33F4NO5. The SMILES string of the molecule is CC(C)NC(=O)[C@@]1(OCc2ccccc2F)CC(OCc2ccc(C(F)(F)F)cc2)[C@@H]2OC(C)(C)O[C@@H]2C1. The third-order valence-electron chi connectivity index (χ3n) is 6.69. The van der Waals surface area contributed by atoms with E-state index in [1.165, 1.54) is 18.2 Å². The average Bonchev–Trinajstić information content (AvgIpc) is 3.15. The fraction of sp³-hybridized carbons (Fsp3) is 0.536. The second-order valence-corrected chi connectivity index (χ2v) is 10.6. The Labute approximate surface area is 219 Å². The second kappa shape index (κ2) is 10.9. The van der Waals surface area contributed by atoms with Gasteiger partial charge in [-0.05, 0) is 51.5 Å². The minimum Gasteiger partial charge on any atom is -0.371 e. The molecule has 0 radical (unpaired) electrons. The lowest BCUT2D eigenvalue weighted by molar-refractivity contribution is -0.184. The molecule has 2 aromatic rings. The van der Waals surface area contributed by atoms with E-state index in [1.807, 2.05) is 13.8 Å². The van der Waals surface area contributed by atoms with Crippen LogP contribution in [0.4, 0.5) is 17.6 Å². The minimum atomic E-state index is -4.43. The van der Waals surface area contributed by atoms with Gasteiger partial charge in [0, 0.05) is 24.4 Å². The van der Waals surface area contributed by atoms with Crippen molar-refractivity contribution in [2.45, 2.75) is 95.7 Å². The van der Waals surface area contributed by atoms with E-state index in [0.717, 1.165) is 12.1 Å². The summed E-state index contributed by atoms with van der Waals surface area (Å²) in [6, 6.07) is 10.7. The number of carbonyl (C=O) groups is 1. The van der Waals surface area contributed by atoms with E-state index in [1.54, 1.807) is 32.0 Å². The molecule has 1 unspecified atom stereocenters. The lowest BCUT2D eigenvalue weighted by atomic mass is 9.78. The highest BCUT2D eigenvalue weighted by Gasteiger charge is 2.58. The third kappa shape index (κ3) is 6.54. The zero-order valence-electron chi connectivity index (χ0n) is 21.8. The Morgan fingerprint density at radius 1 is 1.05 bits per heavy atom. The van der Waals surface area contributed by atoms with E-state index in [-0.39, 0.29) is 38.0 Å². The Hall–Kier alpha value is -2.53. The van der Waals surface area contributed by atoms with Crippen molar-refractivity contribution in [1.82, 2.24) is 5.32 Å². The molecule has 2 aliphatic rings. The summed E-state index contributed by atoms with van der Waals surface area (Å²) in [4.78, 5) is 13.5. The number of hydrogen-bond acceptors (Lipinski definition) is 5. The van der Waals surface area contributed by atoms with E-state index < -0.39 is 47.3 Å². The summed E-state index contributed by atoms with van der Waals surface area (Å²) in [6.07, 6.45) is -5.96. The smallest absolute Gasteiger partial charge is 0.371 e. The Morgan fingerprint density at radius 3 is 2.37 bits per heavy atom. The number of hydrogen-bond donors (Lipinski definition) is 1. The van der Waals surface area contributed by atoms with Crippen molar-refractivity contribution in [3.8, 4) is 0 Å². The zero-order chi connectivity index (χ0) is 27.7. The Balaban J connectivity index is 1.59. The summed E-state index contributed by atoms with van der Waals surface area (Å²) in [5.41, 5.74) is -1.33. The summed E-state index contributed by atoms with van der Waals surface area (Å²) >= 11 is 0. The maximum Gasteiger partial charge on any atom is 0.416 e. The summed E-state index contributed by atoms with van der Waals surface area (Å²) in [7, 11) is 0. The molecule has 1 heterocycles. The monoisotopic (exact) mass is 539 g/mol. The largest absolute Gasteiger partial charge is 0.416 e. The number of benzene rings is 2. The molecule has 4 atom stereocenters. The molecule has 0 spiro atoms. The number of carbonyl (C=O) groups excluding carboxylic acids is 1.